The molecule has 0 radical (unpaired) electrons. The van der Waals surface area contributed by atoms with E-state index in [0.29, 0.717) is 0 Å². The summed E-state index contributed by atoms with van der Waals surface area (Å²) in [7, 11) is -3.73. The Balaban J connectivity index is 2.22. The highest BCUT2D eigenvalue weighted by Gasteiger charge is 2.19. The minimum atomic E-state index is -3.73. The van der Waals surface area contributed by atoms with E-state index in [-0.39, 0.29) is 17.1 Å². The Morgan fingerprint density at radius 2 is 2.20 bits per heavy atom. The highest BCUT2D eigenvalue weighted by molar-refractivity contribution is 7.89. The summed E-state index contributed by atoms with van der Waals surface area (Å²) in [6, 6.07) is 6.61. The molecule has 0 spiro atoms. The Kier molecular flexibility index (Phi) is 4.18. The number of thiophene rings is 1. The molecule has 2 aromatic heterocycles. The van der Waals surface area contributed by atoms with Gasteiger partial charge in [-0.25, -0.2) is 18.1 Å². The lowest BCUT2D eigenvalue weighted by Crippen LogP contribution is -2.24. The topological polar surface area (TPSA) is 82.8 Å². The summed E-state index contributed by atoms with van der Waals surface area (Å²) in [5.74, 6) is 0. The summed E-state index contributed by atoms with van der Waals surface area (Å²) in [5, 5.41) is 8.90. The number of nitrogens with one attached hydrogen (secondary N) is 1. The van der Waals surface area contributed by atoms with E-state index in [1.54, 1.807) is 17.4 Å². The molecule has 5 nitrogen and oxygen atoms in total. The van der Waals surface area contributed by atoms with Crippen molar-refractivity contribution < 1.29 is 8.42 Å². The van der Waals surface area contributed by atoms with E-state index in [0.717, 1.165) is 10.4 Å². The van der Waals surface area contributed by atoms with Gasteiger partial charge in [-0.1, -0.05) is 0 Å². The Labute approximate surface area is 122 Å². The van der Waals surface area contributed by atoms with Crippen LogP contribution in [0.1, 0.15) is 21.0 Å². The molecule has 0 bridgehead atoms. The summed E-state index contributed by atoms with van der Waals surface area (Å²) in [5.41, 5.74) is 1.04. The van der Waals surface area contributed by atoms with Crippen LogP contribution in [0.5, 0.6) is 0 Å². The molecule has 0 aliphatic heterocycles. The van der Waals surface area contributed by atoms with Crippen molar-refractivity contribution in [2.75, 3.05) is 0 Å². The van der Waals surface area contributed by atoms with Crippen LogP contribution in [-0.2, 0) is 16.6 Å². The summed E-state index contributed by atoms with van der Waals surface area (Å²) in [4.78, 5) is 5.77. The van der Waals surface area contributed by atoms with Crippen LogP contribution in [0.15, 0.2) is 29.3 Å². The minimum Gasteiger partial charge on any atom is -0.244 e. The van der Waals surface area contributed by atoms with Crippen LogP contribution < -0.4 is 4.72 Å². The summed E-state index contributed by atoms with van der Waals surface area (Å²) >= 11 is 1.55. The van der Waals surface area contributed by atoms with Crippen molar-refractivity contribution in [3.8, 4) is 6.07 Å². The normalized spacial score (nSPS) is 11.2. The zero-order valence-corrected chi connectivity index (χ0v) is 12.7. The molecule has 0 atom stereocenters. The molecule has 0 aliphatic rings. The molecule has 2 heterocycles. The third kappa shape index (κ3) is 3.04. The number of hydrogen-bond acceptors (Lipinski definition) is 5. The van der Waals surface area contributed by atoms with Crippen LogP contribution in [0.25, 0.3) is 0 Å². The number of pyridine rings is 1. The van der Waals surface area contributed by atoms with Gasteiger partial charge in [0.15, 0.2) is 5.69 Å². The molecule has 0 aromatic carbocycles. The summed E-state index contributed by atoms with van der Waals surface area (Å²) < 4.78 is 26.9. The number of nitriles is 1. The van der Waals surface area contributed by atoms with Gasteiger partial charge in [0, 0.05) is 22.5 Å². The fourth-order valence-corrected chi connectivity index (χ4v) is 3.87. The maximum atomic E-state index is 12.2. The third-order valence-corrected chi connectivity index (χ3v) is 5.40. The van der Waals surface area contributed by atoms with Crippen LogP contribution in [0, 0.1) is 25.2 Å². The number of aryl methyl sites for hydroxylation is 2. The minimum absolute atomic E-state index is 0.0903. The van der Waals surface area contributed by atoms with E-state index in [1.165, 1.54) is 23.2 Å². The highest BCUT2D eigenvalue weighted by atomic mass is 32.2. The average molecular weight is 307 g/mol. The first-order chi connectivity index (χ1) is 9.44. The van der Waals surface area contributed by atoms with Crippen molar-refractivity contribution >= 4 is 21.4 Å². The molecule has 20 heavy (non-hydrogen) atoms. The maximum Gasteiger partial charge on any atom is 0.243 e. The largest absolute Gasteiger partial charge is 0.244 e. The lowest BCUT2D eigenvalue weighted by atomic mass is 10.3. The van der Waals surface area contributed by atoms with Crippen molar-refractivity contribution in [1.82, 2.24) is 9.71 Å². The number of rotatable bonds is 4. The second-order valence-electron chi connectivity index (χ2n) is 4.24. The van der Waals surface area contributed by atoms with Crippen LogP contribution in [0.3, 0.4) is 0 Å². The fourth-order valence-electron chi connectivity index (χ4n) is 1.67. The van der Waals surface area contributed by atoms with Gasteiger partial charge in [-0.15, -0.1) is 11.3 Å². The quantitative estimate of drug-likeness (QED) is 0.937. The van der Waals surface area contributed by atoms with Gasteiger partial charge in [0.2, 0.25) is 10.0 Å². The van der Waals surface area contributed by atoms with Gasteiger partial charge < -0.3 is 0 Å². The first-order valence-electron chi connectivity index (χ1n) is 5.85. The van der Waals surface area contributed by atoms with Gasteiger partial charge in [0.05, 0.1) is 0 Å². The molecule has 0 saturated carbocycles. The van der Waals surface area contributed by atoms with Crippen molar-refractivity contribution in [1.29, 1.82) is 5.26 Å². The predicted octanol–water partition coefficient (Wildman–Crippen LogP) is 2.11. The second-order valence-corrected chi connectivity index (χ2v) is 7.31. The van der Waals surface area contributed by atoms with Crippen LogP contribution in [0.2, 0.25) is 0 Å². The standard InChI is InChI=1S/C13H13N3O2S2/c1-9-6-11(19-10(9)2)8-16-20(17,18)13-4-3-5-15-12(13)7-14/h3-6,16H,8H2,1-2H3. The van der Waals surface area contributed by atoms with Gasteiger partial charge in [-0.05, 0) is 37.6 Å². The van der Waals surface area contributed by atoms with Crippen molar-refractivity contribution in [3.63, 3.8) is 0 Å². The first-order valence-corrected chi connectivity index (χ1v) is 8.14. The Bertz CT molecular complexity index is 754. The first kappa shape index (κ1) is 14.7. The van der Waals surface area contributed by atoms with Gasteiger partial charge in [-0.2, -0.15) is 5.26 Å². The van der Waals surface area contributed by atoms with E-state index < -0.39 is 10.0 Å². The highest BCUT2D eigenvalue weighted by Crippen LogP contribution is 2.21. The number of nitrogens with zero attached hydrogens (tertiary/aromatic N) is 2. The molecule has 7 heteroatoms. The monoisotopic (exact) mass is 307 g/mol. The smallest absolute Gasteiger partial charge is 0.243 e. The third-order valence-electron chi connectivity index (χ3n) is 2.82. The zero-order chi connectivity index (χ0) is 14.8. The molecule has 104 valence electrons. The molecule has 2 aromatic rings. The SMILES string of the molecule is Cc1cc(CNS(=O)(=O)c2cccnc2C#N)sc1C. The van der Waals surface area contributed by atoms with Crippen LogP contribution >= 0.6 is 11.3 Å². The zero-order valence-electron chi connectivity index (χ0n) is 11.0. The van der Waals surface area contributed by atoms with Gasteiger partial charge in [0.1, 0.15) is 11.0 Å². The molecular weight excluding hydrogens is 294 g/mol. The van der Waals surface area contributed by atoms with Gasteiger partial charge >= 0.3 is 0 Å². The Morgan fingerprint density at radius 3 is 2.80 bits per heavy atom. The number of hydrogen-bond donors (Lipinski definition) is 1. The summed E-state index contributed by atoms with van der Waals surface area (Å²) in [6.07, 6.45) is 1.39. The van der Waals surface area contributed by atoms with Gasteiger partial charge in [0.25, 0.3) is 0 Å². The molecule has 2 rings (SSSR count). The Morgan fingerprint density at radius 1 is 1.45 bits per heavy atom. The van der Waals surface area contributed by atoms with E-state index in [1.807, 2.05) is 19.9 Å². The van der Waals surface area contributed by atoms with Crippen molar-refractivity contribution in [2.45, 2.75) is 25.3 Å². The fraction of sp³-hybridized carbons (Fsp3) is 0.231. The molecule has 0 fully saturated rings. The lowest BCUT2D eigenvalue weighted by molar-refractivity contribution is 0.581. The number of aromatic nitrogens is 1. The van der Waals surface area contributed by atoms with E-state index >= 15 is 0 Å². The molecular formula is C13H13N3O2S2. The molecule has 0 unspecified atom stereocenters. The second kappa shape index (κ2) is 5.71. The Hall–Kier alpha value is -1.75. The van der Waals surface area contributed by atoms with E-state index in [2.05, 4.69) is 9.71 Å². The molecule has 0 saturated heterocycles. The summed E-state index contributed by atoms with van der Waals surface area (Å²) in [6.45, 7) is 4.19. The van der Waals surface area contributed by atoms with E-state index in [9.17, 15) is 8.42 Å². The molecule has 1 N–H and O–H groups in total. The lowest BCUT2D eigenvalue weighted by Gasteiger charge is -2.06. The average Bonchev–Trinajstić information content (AvgIpc) is 2.76. The van der Waals surface area contributed by atoms with E-state index in [4.69, 9.17) is 5.26 Å². The van der Waals surface area contributed by atoms with Crippen LogP contribution in [-0.4, -0.2) is 13.4 Å². The predicted molar refractivity (Wildman–Crippen MR) is 76.8 cm³/mol. The van der Waals surface area contributed by atoms with Crippen LogP contribution in [0.4, 0.5) is 0 Å². The van der Waals surface area contributed by atoms with Crippen molar-refractivity contribution in [2.24, 2.45) is 0 Å². The maximum absolute atomic E-state index is 12.2. The number of sulfonamides is 1. The van der Waals surface area contributed by atoms with Gasteiger partial charge in [-0.3, -0.25) is 0 Å². The molecule has 0 amide bonds. The van der Waals surface area contributed by atoms with Crippen molar-refractivity contribution in [3.05, 3.63) is 45.4 Å². The molecule has 0 aliphatic carbocycles.